The molecule has 1 atom stereocenters. The summed E-state index contributed by atoms with van der Waals surface area (Å²) in [6, 6.07) is 18.0. The molecule has 2 aromatic carbocycles. The molecule has 3 rings (SSSR count). The van der Waals surface area contributed by atoms with Gasteiger partial charge in [-0.2, -0.15) is 5.10 Å². The van der Waals surface area contributed by atoms with Crippen molar-refractivity contribution in [3.63, 3.8) is 0 Å². The van der Waals surface area contributed by atoms with E-state index in [9.17, 15) is 9.90 Å². The van der Waals surface area contributed by atoms with Crippen LogP contribution in [0.25, 0.3) is 5.69 Å². The van der Waals surface area contributed by atoms with Crippen molar-refractivity contribution < 1.29 is 9.90 Å². The highest BCUT2D eigenvalue weighted by molar-refractivity contribution is 6.30. The molecule has 24 heavy (non-hydrogen) atoms. The number of aliphatic hydroxyl groups is 1. The number of benzene rings is 2. The van der Waals surface area contributed by atoms with Crippen molar-refractivity contribution in [3.05, 3.63) is 83.1 Å². The minimum Gasteiger partial charge on any atom is -0.387 e. The number of carbonyl (C=O) groups is 1. The molecule has 0 saturated carbocycles. The summed E-state index contributed by atoms with van der Waals surface area (Å²) >= 11 is 5.81. The summed E-state index contributed by atoms with van der Waals surface area (Å²) in [5, 5.41) is 17.6. The molecule has 0 radical (unpaired) electrons. The Balaban J connectivity index is 1.61. The molecule has 0 aliphatic rings. The lowest BCUT2D eigenvalue weighted by molar-refractivity contribution is 0.0911. The molecule has 2 N–H and O–H groups in total. The first kappa shape index (κ1) is 16.2. The number of nitrogens with one attached hydrogen (secondary N) is 1. The summed E-state index contributed by atoms with van der Waals surface area (Å²) < 4.78 is 1.63. The van der Waals surface area contributed by atoms with Gasteiger partial charge in [-0.15, -0.1) is 0 Å². The van der Waals surface area contributed by atoms with Crippen LogP contribution in [0.5, 0.6) is 0 Å². The van der Waals surface area contributed by atoms with Crippen molar-refractivity contribution in [3.8, 4) is 5.69 Å². The molecule has 0 spiro atoms. The van der Waals surface area contributed by atoms with Gasteiger partial charge in [-0.05, 0) is 35.9 Å². The molecule has 6 heteroatoms. The number of aromatic nitrogens is 2. The second-order valence-corrected chi connectivity index (χ2v) is 5.69. The zero-order valence-electron chi connectivity index (χ0n) is 12.8. The molecule has 1 amide bonds. The molecular weight excluding hydrogens is 326 g/mol. The maximum Gasteiger partial charge on any atom is 0.271 e. The van der Waals surface area contributed by atoms with E-state index < -0.39 is 6.10 Å². The average Bonchev–Trinajstić information content (AvgIpc) is 3.11. The second-order valence-electron chi connectivity index (χ2n) is 5.26. The number of para-hydroxylation sites is 1. The predicted octanol–water partition coefficient (Wildman–Crippen LogP) is 2.99. The van der Waals surface area contributed by atoms with E-state index in [4.69, 9.17) is 11.6 Å². The number of nitrogens with zero attached hydrogens (tertiary/aromatic N) is 2. The third-order valence-corrected chi connectivity index (χ3v) is 3.81. The van der Waals surface area contributed by atoms with E-state index in [2.05, 4.69) is 10.4 Å². The molecule has 3 aromatic rings. The quantitative estimate of drug-likeness (QED) is 0.749. The third kappa shape index (κ3) is 3.82. The molecular formula is C18H16ClN3O2. The van der Waals surface area contributed by atoms with Crippen LogP contribution in [0.3, 0.4) is 0 Å². The molecule has 0 saturated heterocycles. The van der Waals surface area contributed by atoms with Crippen LogP contribution in [-0.4, -0.2) is 27.3 Å². The first-order valence-electron chi connectivity index (χ1n) is 7.46. The van der Waals surface area contributed by atoms with E-state index in [1.807, 2.05) is 30.3 Å². The zero-order valence-corrected chi connectivity index (χ0v) is 13.5. The van der Waals surface area contributed by atoms with Crippen molar-refractivity contribution in [1.82, 2.24) is 15.1 Å². The summed E-state index contributed by atoms with van der Waals surface area (Å²) in [7, 11) is 0. The van der Waals surface area contributed by atoms with Gasteiger partial charge >= 0.3 is 0 Å². The van der Waals surface area contributed by atoms with E-state index in [1.54, 1.807) is 41.2 Å². The number of carbonyl (C=O) groups excluding carboxylic acids is 1. The van der Waals surface area contributed by atoms with Crippen molar-refractivity contribution in [2.75, 3.05) is 6.54 Å². The van der Waals surface area contributed by atoms with Crippen LogP contribution in [0.1, 0.15) is 22.2 Å². The van der Waals surface area contributed by atoms with Crippen LogP contribution in [0.2, 0.25) is 5.02 Å². The fourth-order valence-corrected chi connectivity index (χ4v) is 2.38. The Morgan fingerprint density at radius 2 is 1.83 bits per heavy atom. The van der Waals surface area contributed by atoms with Crippen molar-refractivity contribution >= 4 is 17.5 Å². The minimum absolute atomic E-state index is 0.0959. The number of halogens is 1. The van der Waals surface area contributed by atoms with Crippen LogP contribution in [0, 0.1) is 0 Å². The monoisotopic (exact) mass is 341 g/mol. The van der Waals surface area contributed by atoms with Crippen LogP contribution in [-0.2, 0) is 0 Å². The summed E-state index contributed by atoms with van der Waals surface area (Å²) in [5.74, 6) is -0.335. The van der Waals surface area contributed by atoms with Gasteiger partial charge in [0, 0.05) is 17.8 Å². The maximum atomic E-state index is 12.2. The number of hydrogen-bond acceptors (Lipinski definition) is 3. The smallest absolute Gasteiger partial charge is 0.271 e. The molecule has 1 aromatic heterocycles. The van der Waals surface area contributed by atoms with Crippen molar-refractivity contribution in [1.29, 1.82) is 0 Å². The molecule has 0 aliphatic carbocycles. The normalized spacial score (nSPS) is 11.9. The van der Waals surface area contributed by atoms with Crippen molar-refractivity contribution in [2.45, 2.75) is 6.10 Å². The fourth-order valence-electron chi connectivity index (χ4n) is 2.25. The molecule has 1 unspecified atom stereocenters. The molecule has 122 valence electrons. The summed E-state index contributed by atoms with van der Waals surface area (Å²) in [6.45, 7) is 0.0959. The van der Waals surface area contributed by atoms with Gasteiger partial charge in [0.05, 0.1) is 11.8 Å². The number of hydrogen-bond donors (Lipinski definition) is 2. The summed E-state index contributed by atoms with van der Waals surface area (Å²) in [5.41, 5.74) is 1.86. The van der Waals surface area contributed by atoms with Gasteiger partial charge in [0.25, 0.3) is 5.91 Å². The second kappa shape index (κ2) is 7.29. The lowest BCUT2D eigenvalue weighted by Crippen LogP contribution is -2.28. The maximum absolute atomic E-state index is 12.2. The zero-order chi connectivity index (χ0) is 16.9. The minimum atomic E-state index is -0.803. The van der Waals surface area contributed by atoms with Crippen LogP contribution < -0.4 is 5.32 Å². The Morgan fingerprint density at radius 3 is 2.54 bits per heavy atom. The predicted molar refractivity (Wildman–Crippen MR) is 92.3 cm³/mol. The van der Waals surface area contributed by atoms with Gasteiger partial charge in [0.1, 0.15) is 0 Å². The Morgan fingerprint density at radius 1 is 1.12 bits per heavy atom. The van der Waals surface area contributed by atoms with Crippen LogP contribution in [0.4, 0.5) is 0 Å². The van der Waals surface area contributed by atoms with E-state index in [-0.39, 0.29) is 12.5 Å². The lowest BCUT2D eigenvalue weighted by Gasteiger charge is -2.11. The highest BCUT2D eigenvalue weighted by Gasteiger charge is 2.13. The van der Waals surface area contributed by atoms with Gasteiger partial charge in [-0.1, -0.05) is 41.9 Å². The van der Waals surface area contributed by atoms with Gasteiger partial charge in [0.15, 0.2) is 5.69 Å². The first-order chi connectivity index (χ1) is 11.6. The number of aliphatic hydroxyl groups excluding tert-OH is 1. The van der Waals surface area contributed by atoms with Crippen molar-refractivity contribution in [2.24, 2.45) is 0 Å². The van der Waals surface area contributed by atoms with Gasteiger partial charge in [-0.25, -0.2) is 4.68 Å². The summed E-state index contributed by atoms with van der Waals surface area (Å²) in [6.07, 6.45) is 0.919. The highest BCUT2D eigenvalue weighted by atomic mass is 35.5. The molecule has 0 aliphatic heterocycles. The highest BCUT2D eigenvalue weighted by Crippen LogP contribution is 2.16. The van der Waals surface area contributed by atoms with E-state index >= 15 is 0 Å². The topological polar surface area (TPSA) is 67.2 Å². The van der Waals surface area contributed by atoms with Crippen LogP contribution >= 0.6 is 11.6 Å². The summed E-state index contributed by atoms with van der Waals surface area (Å²) in [4.78, 5) is 12.2. The first-order valence-corrected chi connectivity index (χ1v) is 7.84. The Kier molecular flexibility index (Phi) is 4.93. The van der Waals surface area contributed by atoms with E-state index in [1.165, 1.54) is 0 Å². The Hall–Kier alpha value is -2.63. The molecule has 0 bridgehead atoms. The van der Waals surface area contributed by atoms with E-state index in [0.717, 1.165) is 5.69 Å². The SMILES string of the molecule is O=C(NCC(O)c1ccc(Cl)cc1)c1ccn(-c2ccccc2)n1. The number of amides is 1. The fraction of sp³-hybridized carbons (Fsp3) is 0.111. The largest absolute Gasteiger partial charge is 0.387 e. The Bertz CT molecular complexity index is 816. The molecule has 5 nitrogen and oxygen atoms in total. The van der Waals surface area contributed by atoms with E-state index in [0.29, 0.717) is 16.3 Å². The van der Waals surface area contributed by atoms with Gasteiger partial charge < -0.3 is 10.4 Å². The average molecular weight is 342 g/mol. The molecule has 0 fully saturated rings. The molecule has 1 heterocycles. The van der Waals surface area contributed by atoms with Crippen LogP contribution in [0.15, 0.2) is 66.9 Å². The van der Waals surface area contributed by atoms with Gasteiger partial charge in [0.2, 0.25) is 0 Å². The number of rotatable bonds is 5. The van der Waals surface area contributed by atoms with Gasteiger partial charge in [-0.3, -0.25) is 4.79 Å². The third-order valence-electron chi connectivity index (χ3n) is 3.55. The standard InChI is InChI=1S/C18H16ClN3O2/c19-14-8-6-13(7-9-14)17(23)12-20-18(24)16-10-11-22(21-16)15-4-2-1-3-5-15/h1-11,17,23H,12H2,(H,20,24). The Labute approximate surface area is 144 Å². The lowest BCUT2D eigenvalue weighted by atomic mass is 10.1.